The molecule has 1 atom stereocenters. The highest BCUT2D eigenvalue weighted by Crippen LogP contribution is 2.23. The van der Waals surface area contributed by atoms with Gasteiger partial charge in [-0.15, -0.1) is 0 Å². The minimum absolute atomic E-state index is 0.113. The smallest absolute Gasteiger partial charge is 0.244 e. The molecule has 3 aromatic carbocycles. The van der Waals surface area contributed by atoms with E-state index in [0.717, 1.165) is 26.2 Å². The highest BCUT2D eigenvalue weighted by Gasteiger charge is 2.30. The predicted molar refractivity (Wildman–Crippen MR) is 157 cm³/mol. The van der Waals surface area contributed by atoms with Gasteiger partial charge < -0.3 is 15.0 Å². The van der Waals surface area contributed by atoms with Crippen molar-refractivity contribution in [2.24, 2.45) is 0 Å². The molecule has 10 heteroatoms. The second-order valence-corrected chi connectivity index (χ2v) is 12.4. The van der Waals surface area contributed by atoms with Gasteiger partial charge in [-0.1, -0.05) is 58.4 Å². The number of ether oxygens (including phenoxy) is 1. The minimum atomic E-state index is -3.82. The molecule has 0 aromatic heterocycles. The number of hydrogen-bond acceptors (Lipinski definition) is 5. The maximum absolute atomic E-state index is 13.6. The fourth-order valence-corrected chi connectivity index (χ4v) is 5.18. The van der Waals surface area contributed by atoms with Crippen LogP contribution in [0.2, 0.25) is 0 Å². The van der Waals surface area contributed by atoms with Crippen molar-refractivity contribution in [3.63, 3.8) is 0 Å². The summed E-state index contributed by atoms with van der Waals surface area (Å²) in [7, 11) is -3.82. The van der Waals surface area contributed by atoms with Gasteiger partial charge in [-0.25, -0.2) is 8.42 Å². The van der Waals surface area contributed by atoms with E-state index in [1.165, 1.54) is 4.90 Å². The van der Waals surface area contributed by atoms with Gasteiger partial charge in [0.15, 0.2) is 0 Å². The summed E-state index contributed by atoms with van der Waals surface area (Å²) in [6, 6.07) is 22.7. The number of amides is 2. The first-order valence-electron chi connectivity index (χ1n) is 12.5. The van der Waals surface area contributed by atoms with Gasteiger partial charge in [-0.3, -0.25) is 13.9 Å². The molecule has 0 bridgehead atoms. The summed E-state index contributed by atoms with van der Waals surface area (Å²) >= 11 is 3.43. The first-order valence-corrected chi connectivity index (χ1v) is 15.2. The van der Waals surface area contributed by atoms with Crippen LogP contribution in [0.1, 0.15) is 31.9 Å². The van der Waals surface area contributed by atoms with Gasteiger partial charge in [0.25, 0.3) is 0 Å². The molecule has 39 heavy (non-hydrogen) atoms. The van der Waals surface area contributed by atoms with E-state index in [4.69, 9.17) is 4.74 Å². The number of nitrogens with zero attached hydrogens (tertiary/aromatic N) is 2. The molecule has 0 saturated carbocycles. The summed E-state index contributed by atoms with van der Waals surface area (Å²) in [4.78, 5) is 27.9. The maximum Gasteiger partial charge on any atom is 0.244 e. The monoisotopic (exact) mass is 615 g/mol. The zero-order chi connectivity index (χ0) is 28.6. The zero-order valence-corrected chi connectivity index (χ0v) is 24.9. The van der Waals surface area contributed by atoms with E-state index < -0.39 is 28.5 Å². The molecule has 0 spiro atoms. The van der Waals surface area contributed by atoms with Crippen LogP contribution < -0.4 is 14.4 Å². The molecule has 3 rings (SSSR count). The summed E-state index contributed by atoms with van der Waals surface area (Å²) in [5.41, 5.74) is 2.12. The van der Waals surface area contributed by atoms with Gasteiger partial charge in [0.1, 0.15) is 24.9 Å². The van der Waals surface area contributed by atoms with Gasteiger partial charge in [0.05, 0.1) is 11.9 Å². The van der Waals surface area contributed by atoms with Crippen molar-refractivity contribution in [2.45, 2.75) is 46.0 Å². The second-order valence-electron chi connectivity index (χ2n) is 9.53. The number of rotatable bonds is 12. The molecule has 0 aliphatic rings. The van der Waals surface area contributed by atoms with E-state index in [-0.39, 0.29) is 18.5 Å². The standard InChI is InChI=1S/C29H34BrN3O5S/c1-21(2)31-29(35)22(3)32(18-24-11-8-12-25(30)17-24)28(34)19-33(39(4,36)37)26-13-15-27(16-14-26)38-20-23-9-6-5-7-10-23/h5-17,21-22H,18-20H2,1-4H3,(H,31,35)/t22-/m1/s1. The van der Waals surface area contributed by atoms with Crippen LogP contribution in [0.4, 0.5) is 5.69 Å². The quantitative estimate of drug-likeness (QED) is 0.318. The van der Waals surface area contributed by atoms with Crippen molar-refractivity contribution in [2.75, 3.05) is 17.1 Å². The largest absolute Gasteiger partial charge is 0.489 e. The first-order chi connectivity index (χ1) is 18.4. The lowest BCUT2D eigenvalue weighted by Gasteiger charge is -2.32. The third-order valence-electron chi connectivity index (χ3n) is 5.89. The average Bonchev–Trinajstić information content (AvgIpc) is 2.88. The minimum Gasteiger partial charge on any atom is -0.489 e. The lowest BCUT2D eigenvalue weighted by molar-refractivity contribution is -0.139. The molecule has 0 aliphatic heterocycles. The Kier molecular flexibility index (Phi) is 10.5. The molecule has 0 saturated heterocycles. The average molecular weight is 617 g/mol. The maximum atomic E-state index is 13.6. The zero-order valence-electron chi connectivity index (χ0n) is 22.5. The van der Waals surface area contributed by atoms with Crippen LogP contribution in [0.15, 0.2) is 83.3 Å². The SMILES string of the molecule is CC(C)NC(=O)[C@@H](C)N(Cc1cccc(Br)c1)C(=O)CN(c1ccc(OCc2ccccc2)cc1)S(C)(=O)=O. The summed E-state index contributed by atoms with van der Waals surface area (Å²) in [5, 5.41) is 2.83. The van der Waals surface area contributed by atoms with Crippen molar-refractivity contribution >= 4 is 43.5 Å². The normalized spacial score (nSPS) is 12.1. The Morgan fingerprint density at radius 1 is 0.923 bits per heavy atom. The van der Waals surface area contributed by atoms with E-state index in [9.17, 15) is 18.0 Å². The van der Waals surface area contributed by atoms with Gasteiger partial charge in [-0.05, 0) is 68.3 Å². The molecule has 0 fully saturated rings. The van der Waals surface area contributed by atoms with E-state index in [0.29, 0.717) is 18.0 Å². The van der Waals surface area contributed by atoms with E-state index >= 15 is 0 Å². The summed E-state index contributed by atoms with van der Waals surface area (Å²) < 4.78 is 33.2. The topological polar surface area (TPSA) is 96.0 Å². The van der Waals surface area contributed by atoms with Crippen molar-refractivity contribution < 1.29 is 22.7 Å². The van der Waals surface area contributed by atoms with Gasteiger partial charge in [0.2, 0.25) is 21.8 Å². The molecule has 0 unspecified atom stereocenters. The van der Waals surface area contributed by atoms with E-state index in [1.807, 2.05) is 68.4 Å². The number of halogens is 1. The molecule has 1 N–H and O–H groups in total. The third kappa shape index (κ3) is 9.11. The van der Waals surface area contributed by atoms with Crippen LogP contribution in [-0.2, 0) is 32.8 Å². The molecular weight excluding hydrogens is 582 g/mol. The number of carbonyl (C=O) groups is 2. The number of hydrogen-bond donors (Lipinski definition) is 1. The molecule has 3 aromatic rings. The molecule has 2 amide bonds. The highest BCUT2D eigenvalue weighted by atomic mass is 79.9. The first kappa shape index (κ1) is 30.2. The molecular formula is C29H34BrN3O5S. The number of nitrogens with one attached hydrogen (secondary N) is 1. The van der Waals surface area contributed by atoms with Crippen LogP contribution in [-0.4, -0.2) is 50.0 Å². The molecule has 0 radical (unpaired) electrons. The van der Waals surface area contributed by atoms with Crippen LogP contribution in [0.25, 0.3) is 0 Å². The second kappa shape index (κ2) is 13.6. The molecule has 8 nitrogen and oxygen atoms in total. The Bertz CT molecular complexity index is 1370. The van der Waals surface area contributed by atoms with Gasteiger partial charge in [0, 0.05) is 17.1 Å². The van der Waals surface area contributed by atoms with Crippen molar-refractivity contribution in [1.82, 2.24) is 10.2 Å². The number of anilines is 1. The summed E-state index contributed by atoms with van der Waals surface area (Å²) in [6.45, 7) is 5.35. The number of sulfonamides is 1. The predicted octanol–water partition coefficient (Wildman–Crippen LogP) is 4.74. The Hall–Kier alpha value is -3.37. The fraction of sp³-hybridized carbons (Fsp3) is 0.310. The van der Waals surface area contributed by atoms with Crippen LogP contribution in [0, 0.1) is 0 Å². The van der Waals surface area contributed by atoms with Crippen LogP contribution in [0.3, 0.4) is 0 Å². The van der Waals surface area contributed by atoms with E-state index in [1.54, 1.807) is 31.2 Å². The van der Waals surface area contributed by atoms with Crippen molar-refractivity contribution in [1.29, 1.82) is 0 Å². The lowest BCUT2D eigenvalue weighted by atomic mass is 10.1. The Morgan fingerprint density at radius 2 is 1.56 bits per heavy atom. The van der Waals surface area contributed by atoms with Crippen LogP contribution in [0.5, 0.6) is 5.75 Å². The Morgan fingerprint density at radius 3 is 2.15 bits per heavy atom. The third-order valence-corrected chi connectivity index (χ3v) is 7.53. The number of carbonyl (C=O) groups excluding carboxylic acids is 2. The van der Waals surface area contributed by atoms with Gasteiger partial charge >= 0.3 is 0 Å². The summed E-state index contributed by atoms with van der Waals surface area (Å²) in [5.74, 6) is -0.256. The molecule has 208 valence electrons. The van der Waals surface area contributed by atoms with Crippen molar-refractivity contribution in [3.8, 4) is 5.75 Å². The molecule has 0 aliphatic carbocycles. The van der Waals surface area contributed by atoms with Crippen molar-refractivity contribution in [3.05, 3.63) is 94.5 Å². The lowest BCUT2D eigenvalue weighted by Crippen LogP contribution is -2.52. The fourth-order valence-electron chi connectivity index (χ4n) is 3.88. The van der Waals surface area contributed by atoms with E-state index in [2.05, 4.69) is 21.2 Å². The van der Waals surface area contributed by atoms with Crippen LogP contribution >= 0.6 is 15.9 Å². The molecule has 0 heterocycles. The Labute approximate surface area is 239 Å². The van der Waals surface area contributed by atoms with Gasteiger partial charge in [-0.2, -0.15) is 0 Å². The Balaban J connectivity index is 1.82. The number of benzene rings is 3. The summed E-state index contributed by atoms with van der Waals surface area (Å²) in [6.07, 6.45) is 1.05. The highest BCUT2D eigenvalue weighted by molar-refractivity contribution is 9.10.